The Morgan fingerprint density at radius 1 is 1.55 bits per heavy atom. The monoisotopic (exact) mass is 321 g/mol. The number of rotatable bonds is 5. The molecule has 1 N–H and O–H groups in total. The zero-order chi connectivity index (χ0) is 15.4. The smallest absolute Gasteiger partial charge is 0.262 e. The molecule has 1 saturated heterocycles. The lowest BCUT2D eigenvalue weighted by Crippen LogP contribution is -2.34. The molecule has 1 atom stereocenters. The van der Waals surface area contributed by atoms with E-state index in [0.717, 1.165) is 30.9 Å². The molecule has 2 aromatic rings. The zero-order valence-corrected chi connectivity index (χ0v) is 13.1. The van der Waals surface area contributed by atoms with E-state index in [2.05, 4.69) is 10.3 Å². The van der Waals surface area contributed by atoms with E-state index in [9.17, 15) is 9.59 Å². The van der Waals surface area contributed by atoms with Crippen LogP contribution in [0.5, 0.6) is 0 Å². The second-order valence-electron chi connectivity index (χ2n) is 5.52. The molecule has 0 spiro atoms. The molecule has 0 saturated carbocycles. The van der Waals surface area contributed by atoms with Gasteiger partial charge in [0.1, 0.15) is 4.83 Å². The summed E-state index contributed by atoms with van der Waals surface area (Å²) < 4.78 is 6.89. The molecule has 1 fully saturated rings. The van der Waals surface area contributed by atoms with Gasteiger partial charge >= 0.3 is 0 Å². The molecular weight excluding hydrogens is 302 g/mol. The zero-order valence-electron chi connectivity index (χ0n) is 12.3. The summed E-state index contributed by atoms with van der Waals surface area (Å²) in [6.45, 7) is 2.55. The number of carbonyl (C=O) groups is 1. The van der Waals surface area contributed by atoms with Crippen LogP contribution in [0, 0.1) is 5.92 Å². The summed E-state index contributed by atoms with van der Waals surface area (Å²) in [5.41, 5.74) is -0.0836. The van der Waals surface area contributed by atoms with Gasteiger partial charge in [-0.25, -0.2) is 4.98 Å². The van der Waals surface area contributed by atoms with Crippen LogP contribution < -0.4 is 10.9 Å². The van der Waals surface area contributed by atoms with Gasteiger partial charge < -0.3 is 10.1 Å². The quantitative estimate of drug-likeness (QED) is 0.903. The lowest BCUT2D eigenvalue weighted by molar-refractivity contribution is -0.121. The fourth-order valence-electron chi connectivity index (χ4n) is 2.59. The Hall–Kier alpha value is -1.73. The van der Waals surface area contributed by atoms with E-state index < -0.39 is 0 Å². The minimum atomic E-state index is -0.0836. The fourth-order valence-corrected chi connectivity index (χ4v) is 3.31. The summed E-state index contributed by atoms with van der Waals surface area (Å²) in [6, 6.07) is 1.77. The van der Waals surface area contributed by atoms with Crippen molar-refractivity contribution >= 4 is 27.5 Å². The van der Waals surface area contributed by atoms with Crippen molar-refractivity contribution in [1.82, 2.24) is 14.9 Å². The predicted molar refractivity (Wildman–Crippen MR) is 85.0 cm³/mol. The molecule has 3 heterocycles. The van der Waals surface area contributed by atoms with Crippen LogP contribution in [0.15, 0.2) is 22.6 Å². The Bertz CT molecular complexity index is 703. The molecule has 1 amide bonds. The van der Waals surface area contributed by atoms with E-state index >= 15 is 0 Å². The molecule has 6 nitrogen and oxygen atoms in total. The second-order valence-corrected chi connectivity index (χ2v) is 6.41. The molecule has 7 heteroatoms. The van der Waals surface area contributed by atoms with Crippen molar-refractivity contribution in [1.29, 1.82) is 0 Å². The van der Waals surface area contributed by atoms with Gasteiger partial charge in [0.15, 0.2) is 0 Å². The first kappa shape index (κ1) is 15.2. The fraction of sp³-hybridized carbons (Fsp3) is 0.533. The summed E-state index contributed by atoms with van der Waals surface area (Å²) in [5, 5.41) is 5.39. The first-order chi connectivity index (χ1) is 10.7. The first-order valence-corrected chi connectivity index (χ1v) is 8.39. The molecule has 0 bridgehead atoms. The Morgan fingerprint density at radius 3 is 3.27 bits per heavy atom. The average molecular weight is 321 g/mol. The van der Waals surface area contributed by atoms with Crippen LogP contribution in [-0.2, 0) is 16.1 Å². The number of amides is 1. The van der Waals surface area contributed by atoms with E-state index in [1.54, 1.807) is 6.07 Å². The minimum Gasteiger partial charge on any atom is -0.381 e. The Balaban J connectivity index is 1.51. The molecule has 0 unspecified atom stereocenters. The molecule has 0 radical (unpaired) electrons. The van der Waals surface area contributed by atoms with Crippen LogP contribution >= 0.6 is 11.3 Å². The molecule has 118 valence electrons. The third kappa shape index (κ3) is 3.53. The van der Waals surface area contributed by atoms with Crippen molar-refractivity contribution in [2.75, 3.05) is 19.8 Å². The number of thiophene rings is 1. The van der Waals surface area contributed by atoms with Crippen LogP contribution in [0.2, 0.25) is 0 Å². The molecule has 22 heavy (non-hydrogen) atoms. The van der Waals surface area contributed by atoms with Gasteiger partial charge in [-0.2, -0.15) is 0 Å². The molecule has 2 aromatic heterocycles. The van der Waals surface area contributed by atoms with Crippen molar-refractivity contribution in [3.8, 4) is 0 Å². The number of hydrogen-bond acceptors (Lipinski definition) is 5. The van der Waals surface area contributed by atoms with Gasteiger partial charge in [-0.05, 0) is 30.2 Å². The maximum Gasteiger partial charge on any atom is 0.262 e. The third-order valence-electron chi connectivity index (χ3n) is 3.87. The van der Waals surface area contributed by atoms with Crippen molar-refractivity contribution in [3.05, 3.63) is 28.1 Å². The highest BCUT2D eigenvalue weighted by atomic mass is 32.1. The predicted octanol–water partition coefficient (Wildman–Crippen LogP) is 1.39. The van der Waals surface area contributed by atoms with Gasteiger partial charge in [-0.3, -0.25) is 14.2 Å². The Morgan fingerprint density at radius 2 is 2.45 bits per heavy atom. The number of aryl methyl sites for hydroxylation is 1. The number of carbonyl (C=O) groups excluding carboxylic acids is 1. The van der Waals surface area contributed by atoms with Crippen molar-refractivity contribution in [3.63, 3.8) is 0 Å². The first-order valence-electron chi connectivity index (χ1n) is 7.51. The van der Waals surface area contributed by atoms with Gasteiger partial charge in [0.25, 0.3) is 5.56 Å². The number of nitrogens with one attached hydrogen (secondary N) is 1. The number of fused-ring (bicyclic) bond motifs is 1. The molecular formula is C15H19N3O3S. The molecule has 1 aliphatic heterocycles. The Labute approximate surface area is 132 Å². The highest BCUT2D eigenvalue weighted by molar-refractivity contribution is 7.16. The van der Waals surface area contributed by atoms with Crippen LogP contribution in [0.3, 0.4) is 0 Å². The van der Waals surface area contributed by atoms with E-state index in [1.807, 2.05) is 5.38 Å². The second kappa shape index (κ2) is 7.02. The highest BCUT2D eigenvalue weighted by Crippen LogP contribution is 2.13. The summed E-state index contributed by atoms with van der Waals surface area (Å²) in [5.74, 6) is 0.368. The summed E-state index contributed by atoms with van der Waals surface area (Å²) >= 11 is 1.44. The van der Waals surface area contributed by atoms with E-state index in [1.165, 1.54) is 22.2 Å². The molecule has 1 aliphatic rings. The van der Waals surface area contributed by atoms with Gasteiger partial charge in [0.2, 0.25) is 5.91 Å². The van der Waals surface area contributed by atoms with Crippen LogP contribution in [0.25, 0.3) is 10.2 Å². The standard InChI is InChI=1S/C15H19N3O3S/c19-13(16-8-11-2-1-6-21-9-11)3-5-18-10-17-14-12(15(18)20)4-7-22-14/h4,7,10-11H,1-3,5-6,8-9H2,(H,16,19)/t11-/m0/s1. The van der Waals surface area contributed by atoms with Crippen molar-refractivity contribution in [2.24, 2.45) is 5.92 Å². The van der Waals surface area contributed by atoms with Gasteiger partial charge in [-0.15, -0.1) is 11.3 Å². The SMILES string of the molecule is O=C(CCn1cnc2sccc2c1=O)NC[C@@H]1CCCOC1. The summed E-state index contributed by atoms with van der Waals surface area (Å²) in [6.07, 6.45) is 3.95. The van der Waals surface area contributed by atoms with Crippen LogP contribution in [0.1, 0.15) is 19.3 Å². The minimum absolute atomic E-state index is 0.0390. The van der Waals surface area contributed by atoms with Gasteiger partial charge in [-0.1, -0.05) is 0 Å². The lowest BCUT2D eigenvalue weighted by Gasteiger charge is -2.22. The molecule has 0 aromatic carbocycles. The van der Waals surface area contributed by atoms with Crippen LogP contribution in [0.4, 0.5) is 0 Å². The van der Waals surface area contributed by atoms with Gasteiger partial charge in [0.05, 0.1) is 18.3 Å². The van der Waals surface area contributed by atoms with Crippen molar-refractivity contribution < 1.29 is 9.53 Å². The van der Waals surface area contributed by atoms with E-state index in [4.69, 9.17) is 4.74 Å². The topological polar surface area (TPSA) is 73.2 Å². The molecule has 0 aliphatic carbocycles. The van der Waals surface area contributed by atoms with E-state index in [0.29, 0.717) is 24.4 Å². The molecule has 3 rings (SSSR count). The largest absolute Gasteiger partial charge is 0.381 e. The Kier molecular flexibility index (Phi) is 4.84. The highest BCUT2D eigenvalue weighted by Gasteiger charge is 2.15. The van der Waals surface area contributed by atoms with Gasteiger partial charge in [0, 0.05) is 26.1 Å². The normalized spacial score (nSPS) is 18.5. The average Bonchev–Trinajstić information content (AvgIpc) is 3.03. The number of nitrogens with zero attached hydrogens (tertiary/aromatic N) is 2. The maximum atomic E-state index is 12.2. The van der Waals surface area contributed by atoms with Crippen LogP contribution in [-0.4, -0.2) is 35.2 Å². The van der Waals surface area contributed by atoms with Crippen molar-refractivity contribution in [2.45, 2.75) is 25.8 Å². The number of aromatic nitrogens is 2. The number of ether oxygens (including phenoxy) is 1. The summed E-state index contributed by atoms with van der Waals surface area (Å²) in [4.78, 5) is 29.1. The lowest BCUT2D eigenvalue weighted by atomic mass is 10.0. The van der Waals surface area contributed by atoms with E-state index in [-0.39, 0.29) is 17.9 Å². The third-order valence-corrected chi connectivity index (χ3v) is 4.69. The number of hydrogen-bond donors (Lipinski definition) is 1. The summed E-state index contributed by atoms with van der Waals surface area (Å²) in [7, 11) is 0. The maximum absolute atomic E-state index is 12.2.